The minimum Gasteiger partial charge on any atom is -0.497 e. The normalized spacial score (nSPS) is 15.1. The number of sulfonamides is 1. The molecular weight excluding hydrogens is 324 g/mol. The van der Waals surface area contributed by atoms with Crippen molar-refractivity contribution in [2.75, 3.05) is 29.8 Å². The number of benzene rings is 2. The van der Waals surface area contributed by atoms with Gasteiger partial charge in [-0.15, -0.1) is 0 Å². The molecule has 6 heteroatoms. The molecule has 2 aromatic rings. The Bertz CT molecular complexity index is 782. The molecule has 24 heavy (non-hydrogen) atoms. The van der Waals surface area contributed by atoms with Gasteiger partial charge in [-0.25, -0.2) is 8.42 Å². The molecule has 1 saturated heterocycles. The molecule has 0 spiro atoms. The Kier molecular flexibility index (Phi) is 4.94. The van der Waals surface area contributed by atoms with E-state index in [1.54, 1.807) is 31.4 Å². The third kappa shape index (κ3) is 3.64. The molecule has 0 amide bonds. The number of nitrogens with zero attached hydrogens (tertiary/aromatic N) is 1. The second kappa shape index (κ2) is 7.13. The number of piperidine rings is 1. The van der Waals surface area contributed by atoms with Gasteiger partial charge in [-0.2, -0.15) is 0 Å². The molecule has 1 aliphatic heterocycles. The predicted molar refractivity (Wildman–Crippen MR) is 96.3 cm³/mol. The second-order valence-corrected chi connectivity index (χ2v) is 7.53. The van der Waals surface area contributed by atoms with Crippen molar-refractivity contribution in [3.8, 4) is 5.75 Å². The highest BCUT2D eigenvalue weighted by Gasteiger charge is 2.19. The Labute approximate surface area is 143 Å². The van der Waals surface area contributed by atoms with Crippen LogP contribution in [0.25, 0.3) is 0 Å². The first-order valence-electron chi connectivity index (χ1n) is 8.11. The summed E-state index contributed by atoms with van der Waals surface area (Å²) in [6.07, 6.45) is 3.51. The fraction of sp³-hybridized carbons (Fsp3) is 0.333. The molecule has 0 bridgehead atoms. The van der Waals surface area contributed by atoms with Gasteiger partial charge < -0.3 is 9.64 Å². The smallest absolute Gasteiger partial charge is 0.261 e. The first-order chi connectivity index (χ1) is 11.6. The maximum Gasteiger partial charge on any atom is 0.261 e. The monoisotopic (exact) mass is 346 g/mol. The molecular formula is C18H22N2O3S. The summed E-state index contributed by atoms with van der Waals surface area (Å²) >= 11 is 0. The molecule has 3 rings (SSSR count). The summed E-state index contributed by atoms with van der Waals surface area (Å²) in [6, 6.07) is 13.9. The summed E-state index contributed by atoms with van der Waals surface area (Å²) in [5, 5.41) is 0. The Balaban J connectivity index is 1.86. The summed E-state index contributed by atoms with van der Waals surface area (Å²) < 4.78 is 33.1. The molecule has 2 aromatic carbocycles. The average molecular weight is 346 g/mol. The lowest BCUT2D eigenvalue weighted by molar-refractivity contribution is 0.414. The molecule has 0 unspecified atom stereocenters. The van der Waals surface area contributed by atoms with Crippen LogP contribution in [0.3, 0.4) is 0 Å². The van der Waals surface area contributed by atoms with E-state index in [1.165, 1.54) is 6.42 Å². The summed E-state index contributed by atoms with van der Waals surface area (Å²) in [4.78, 5) is 2.46. The molecule has 0 aliphatic carbocycles. The van der Waals surface area contributed by atoms with E-state index in [0.717, 1.165) is 31.6 Å². The van der Waals surface area contributed by atoms with E-state index in [9.17, 15) is 8.42 Å². The Morgan fingerprint density at radius 1 is 0.958 bits per heavy atom. The number of rotatable bonds is 5. The van der Waals surface area contributed by atoms with Crippen molar-refractivity contribution >= 4 is 21.4 Å². The third-order valence-electron chi connectivity index (χ3n) is 4.21. The number of hydrogen-bond donors (Lipinski definition) is 1. The molecule has 1 aliphatic rings. The maximum atomic E-state index is 12.7. The predicted octanol–water partition coefficient (Wildman–Crippen LogP) is 3.49. The van der Waals surface area contributed by atoms with Crippen LogP contribution < -0.4 is 14.4 Å². The highest BCUT2D eigenvalue weighted by Crippen LogP contribution is 2.30. The molecule has 1 heterocycles. The van der Waals surface area contributed by atoms with Gasteiger partial charge in [0.1, 0.15) is 5.75 Å². The van der Waals surface area contributed by atoms with Gasteiger partial charge in [0.15, 0.2) is 0 Å². The minimum atomic E-state index is -3.63. The molecule has 1 fully saturated rings. The van der Waals surface area contributed by atoms with E-state index in [-0.39, 0.29) is 4.90 Å². The van der Waals surface area contributed by atoms with Crippen molar-refractivity contribution in [3.05, 3.63) is 48.5 Å². The van der Waals surface area contributed by atoms with Crippen LogP contribution in [0.15, 0.2) is 53.4 Å². The maximum absolute atomic E-state index is 12.7. The second-order valence-electron chi connectivity index (χ2n) is 5.85. The number of anilines is 2. The summed E-state index contributed by atoms with van der Waals surface area (Å²) in [5.41, 5.74) is 1.56. The van der Waals surface area contributed by atoms with Crippen LogP contribution in [0.1, 0.15) is 19.3 Å². The van der Waals surface area contributed by atoms with E-state index >= 15 is 0 Å². The van der Waals surface area contributed by atoms with Crippen LogP contribution in [0, 0.1) is 0 Å². The van der Waals surface area contributed by atoms with Gasteiger partial charge in [0, 0.05) is 13.1 Å². The average Bonchev–Trinajstić information content (AvgIpc) is 2.63. The van der Waals surface area contributed by atoms with Gasteiger partial charge in [-0.3, -0.25) is 4.72 Å². The molecule has 1 N–H and O–H groups in total. The lowest BCUT2D eigenvalue weighted by Crippen LogP contribution is -2.30. The zero-order valence-electron chi connectivity index (χ0n) is 13.7. The van der Waals surface area contributed by atoms with Gasteiger partial charge in [0.25, 0.3) is 10.0 Å². The largest absolute Gasteiger partial charge is 0.497 e. The summed E-state index contributed by atoms with van der Waals surface area (Å²) in [5.74, 6) is 0.627. The van der Waals surface area contributed by atoms with Crippen LogP contribution in [0.2, 0.25) is 0 Å². The number of nitrogens with one attached hydrogen (secondary N) is 1. The van der Waals surface area contributed by atoms with E-state index in [1.807, 2.05) is 24.3 Å². The van der Waals surface area contributed by atoms with Crippen molar-refractivity contribution in [1.29, 1.82) is 0 Å². The Morgan fingerprint density at radius 2 is 1.62 bits per heavy atom. The van der Waals surface area contributed by atoms with Gasteiger partial charge in [-0.05, 0) is 55.7 Å². The molecule has 0 atom stereocenters. The standard InChI is InChI=1S/C18H22N2O3S/c1-23-15-9-11-16(12-10-15)24(21,22)19-17-7-3-4-8-18(17)20-13-5-2-6-14-20/h3-4,7-12,19H,2,5-6,13-14H2,1H3. The van der Waals surface area contributed by atoms with Crippen LogP contribution >= 0.6 is 0 Å². The highest BCUT2D eigenvalue weighted by atomic mass is 32.2. The molecule has 0 radical (unpaired) electrons. The van der Waals surface area contributed by atoms with Crippen molar-refractivity contribution in [2.24, 2.45) is 0 Å². The van der Waals surface area contributed by atoms with E-state index < -0.39 is 10.0 Å². The van der Waals surface area contributed by atoms with E-state index in [4.69, 9.17) is 4.74 Å². The highest BCUT2D eigenvalue weighted by molar-refractivity contribution is 7.92. The minimum absolute atomic E-state index is 0.219. The zero-order valence-corrected chi connectivity index (χ0v) is 14.6. The van der Waals surface area contributed by atoms with Gasteiger partial charge in [-0.1, -0.05) is 12.1 Å². The lowest BCUT2D eigenvalue weighted by Gasteiger charge is -2.30. The topological polar surface area (TPSA) is 58.6 Å². The Morgan fingerprint density at radius 3 is 2.29 bits per heavy atom. The third-order valence-corrected chi connectivity index (χ3v) is 5.60. The van der Waals surface area contributed by atoms with Crippen molar-refractivity contribution < 1.29 is 13.2 Å². The van der Waals surface area contributed by atoms with Crippen molar-refractivity contribution in [2.45, 2.75) is 24.2 Å². The number of methoxy groups -OCH3 is 1. The van der Waals surface area contributed by atoms with Crippen molar-refractivity contribution in [1.82, 2.24) is 0 Å². The fourth-order valence-corrected chi connectivity index (χ4v) is 4.00. The van der Waals surface area contributed by atoms with Crippen LogP contribution in [-0.4, -0.2) is 28.6 Å². The molecule has 5 nitrogen and oxygen atoms in total. The Hall–Kier alpha value is -2.21. The van der Waals surface area contributed by atoms with Gasteiger partial charge >= 0.3 is 0 Å². The number of para-hydroxylation sites is 2. The van der Waals surface area contributed by atoms with Crippen LogP contribution in [0.5, 0.6) is 5.75 Å². The molecule has 0 aromatic heterocycles. The lowest BCUT2D eigenvalue weighted by atomic mass is 10.1. The van der Waals surface area contributed by atoms with Gasteiger partial charge in [0.2, 0.25) is 0 Å². The van der Waals surface area contributed by atoms with E-state index in [0.29, 0.717) is 11.4 Å². The quantitative estimate of drug-likeness (QED) is 0.900. The summed E-state index contributed by atoms with van der Waals surface area (Å²) in [7, 11) is -2.08. The first kappa shape index (κ1) is 16.6. The fourth-order valence-electron chi connectivity index (χ4n) is 2.93. The SMILES string of the molecule is COc1ccc(S(=O)(=O)Nc2ccccc2N2CCCCC2)cc1. The number of hydrogen-bond acceptors (Lipinski definition) is 4. The van der Waals surface area contributed by atoms with Crippen molar-refractivity contribution in [3.63, 3.8) is 0 Å². The van der Waals surface area contributed by atoms with Gasteiger partial charge in [0.05, 0.1) is 23.4 Å². The van der Waals surface area contributed by atoms with Crippen LogP contribution in [0.4, 0.5) is 11.4 Å². The first-order valence-corrected chi connectivity index (χ1v) is 9.59. The van der Waals surface area contributed by atoms with E-state index in [2.05, 4.69) is 9.62 Å². The zero-order chi connectivity index (χ0) is 17.0. The number of ether oxygens (including phenoxy) is 1. The summed E-state index contributed by atoms with van der Waals surface area (Å²) in [6.45, 7) is 1.92. The molecule has 128 valence electrons. The molecule has 0 saturated carbocycles. The van der Waals surface area contributed by atoms with Crippen LogP contribution in [-0.2, 0) is 10.0 Å².